The average Bonchev–Trinajstić information content (AvgIpc) is 3.41. The molecule has 32 heavy (non-hydrogen) atoms. The van der Waals surface area contributed by atoms with Gasteiger partial charge in [-0.3, -0.25) is 10.00 Å². The Kier molecular flexibility index (Phi) is 5.97. The molecule has 0 bridgehead atoms. The Morgan fingerprint density at radius 3 is 2.88 bits per heavy atom. The second-order valence-corrected chi connectivity index (χ2v) is 8.93. The quantitative estimate of drug-likeness (QED) is 0.589. The number of hydrogen-bond donors (Lipinski definition) is 1. The fourth-order valence-electron chi connectivity index (χ4n) is 4.60. The normalized spacial score (nSPS) is 20.1. The molecule has 168 valence electrons. The Morgan fingerprint density at radius 1 is 1.16 bits per heavy atom. The summed E-state index contributed by atoms with van der Waals surface area (Å²) in [5.74, 6) is 1.87. The zero-order valence-corrected chi connectivity index (χ0v) is 18.7. The number of hydrogen-bond acceptors (Lipinski definition) is 6. The van der Waals surface area contributed by atoms with Gasteiger partial charge in [-0.1, -0.05) is 23.7 Å². The van der Waals surface area contributed by atoms with Gasteiger partial charge in [-0.2, -0.15) is 15.1 Å². The summed E-state index contributed by atoms with van der Waals surface area (Å²) in [6.45, 7) is 9.57. The second kappa shape index (κ2) is 9.03. The summed E-state index contributed by atoms with van der Waals surface area (Å²) in [5, 5.41) is 8.65. The van der Waals surface area contributed by atoms with E-state index in [-0.39, 0.29) is 5.82 Å². The Balaban J connectivity index is 1.35. The first-order valence-corrected chi connectivity index (χ1v) is 11.5. The Labute approximate surface area is 191 Å². The smallest absolute Gasteiger partial charge is 0.229 e. The predicted octanol–water partition coefficient (Wildman–Crippen LogP) is 3.87. The Bertz CT molecular complexity index is 1100. The highest BCUT2D eigenvalue weighted by Gasteiger charge is 2.26. The highest BCUT2D eigenvalue weighted by Crippen LogP contribution is 2.30. The molecule has 2 fully saturated rings. The summed E-state index contributed by atoms with van der Waals surface area (Å²) in [5.41, 5.74) is 1.32. The summed E-state index contributed by atoms with van der Waals surface area (Å²) in [6, 6.07) is 4.85. The van der Waals surface area contributed by atoms with E-state index in [0.717, 1.165) is 69.0 Å². The largest absolute Gasteiger partial charge is 0.355 e. The van der Waals surface area contributed by atoms with E-state index in [1.807, 2.05) is 6.08 Å². The molecule has 0 radical (unpaired) electrons. The molecule has 2 aliphatic heterocycles. The third-order valence-electron chi connectivity index (χ3n) is 6.45. The molecule has 1 atom stereocenters. The van der Waals surface area contributed by atoms with Gasteiger partial charge in [0.2, 0.25) is 5.95 Å². The molecule has 0 amide bonds. The van der Waals surface area contributed by atoms with Crippen molar-refractivity contribution in [2.75, 3.05) is 49.1 Å². The highest BCUT2D eigenvalue weighted by molar-refractivity contribution is 6.31. The van der Waals surface area contributed by atoms with Crippen molar-refractivity contribution in [1.82, 2.24) is 25.1 Å². The first-order valence-electron chi connectivity index (χ1n) is 11.1. The summed E-state index contributed by atoms with van der Waals surface area (Å²) in [4.78, 5) is 16.5. The number of nitrogens with zero attached hydrogens (tertiary/aromatic N) is 6. The van der Waals surface area contributed by atoms with Gasteiger partial charge >= 0.3 is 0 Å². The number of fused-ring (bicyclic) bond motifs is 1. The number of aromatic nitrogens is 4. The van der Waals surface area contributed by atoms with E-state index in [2.05, 4.69) is 31.5 Å². The van der Waals surface area contributed by atoms with Crippen LogP contribution in [0.4, 0.5) is 16.2 Å². The van der Waals surface area contributed by atoms with Crippen LogP contribution in [0.3, 0.4) is 0 Å². The zero-order valence-electron chi connectivity index (χ0n) is 18.0. The van der Waals surface area contributed by atoms with Gasteiger partial charge in [0.05, 0.1) is 11.6 Å². The van der Waals surface area contributed by atoms with Crippen LogP contribution in [0, 0.1) is 11.7 Å². The van der Waals surface area contributed by atoms with Gasteiger partial charge in [0.15, 0.2) is 5.65 Å². The zero-order chi connectivity index (χ0) is 22.1. The van der Waals surface area contributed by atoms with Crippen LogP contribution in [0.1, 0.15) is 18.4 Å². The SMILES string of the molecule is C=C[C@H]1CCN(c2nc(N3CCCN(Cc4c(F)cccc4Cl)CC3)nc3[nH]ncc23)C1. The minimum Gasteiger partial charge on any atom is -0.355 e. The molecule has 4 heterocycles. The maximum Gasteiger partial charge on any atom is 0.229 e. The molecule has 0 saturated carbocycles. The van der Waals surface area contributed by atoms with Crippen molar-refractivity contribution in [3.05, 3.63) is 53.5 Å². The van der Waals surface area contributed by atoms with E-state index in [1.165, 1.54) is 6.07 Å². The highest BCUT2D eigenvalue weighted by atomic mass is 35.5. The minimum atomic E-state index is -0.250. The number of anilines is 2. The fourth-order valence-corrected chi connectivity index (χ4v) is 4.82. The third-order valence-corrected chi connectivity index (χ3v) is 6.80. The molecule has 1 N–H and O–H groups in total. The third kappa shape index (κ3) is 4.17. The van der Waals surface area contributed by atoms with Crippen molar-refractivity contribution < 1.29 is 4.39 Å². The molecule has 9 heteroatoms. The van der Waals surface area contributed by atoms with Gasteiger partial charge in [-0.05, 0) is 30.9 Å². The first kappa shape index (κ1) is 21.2. The second-order valence-electron chi connectivity index (χ2n) is 8.53. The molecule has 1 aromatic carbocycles. The number of benzene rings is 1. The molecular weight excluding hydrogens is 429 g/mol. The van der Waals surface area contributed by atoms with E-state index in [4.69, 9.17) is 21.6 Å². The lowest BCUT2D eigenvalue weighted by Gasteiger charge is -2.24. The molecule has 0 spiro atoms. The van der Waals surface area contributed by atoms with Crippen molar-refractivity contribution in [3.8, 4) is 0 Å². The lowest BCUT2D eigenvalue weighted by molar-refractivity contribution is 0.281. The van der Waals surface area contributed by atoms with Gasteiger partial charge in [0, 0.05) is 56.4 Å². The predicted molar refractivity (Wildman–Crippen MR) is 126 cm³/mol. The van der Waals surface area contributed by atoms with Gasteiger partial charge in [-0.15, -0.1) is 6.58 Å². The number of nitrogens with one attached hydrogen (secondary N) is 1. The van der Waals surface area contributed by atoms with E-state index in [9.17, 15) is 4.39 Å². The van der Waals surface area contributed by atoms with Crippen LogP contribution >= 0.6 is 11.6 Å². The molecule has 0 unspecified atom stereocenters. The van der Waals surface area contributed by atoms with Crippen LogP contribution in [0.15, 0.2) is 37.1 Å². The van der Waals surface area contributed by atoms with Crippen LogP contribution < -0.4 is 9.80 Å². The van der Waals surface area contributed by atoms with Crippen LogP contribution in [-0.2, 0) is 6.54 Å². The topological polar surface area (TPSA) is 64.2 Å². The average molecular weight is 456 g/mol. The molecule has 2 aromatic heterocycles. The molecule has 7 nitrogen and oxygen atoms in total. The summed E-state index contributed by atoms with van der Waals surface area (Å²) in [6.07, 6.45) is 5.85. The lowest BCUT2D eigenvalue weighted by Crippen LogP contribution is -2.32. The molecule has 5 rings (SSSR count). The fraction of sp³-hybridized carbons (Fsp3) is 0.435. The molecule has 3 aromatic rings. The van der Waals surface area contributed by atoms with Crippen molar-refractivity contribution >= 4 is 34.4 Å². The number of aromatic amines is 1. The minimum absolute atomic E-state index is 0.250. The van der Waals surface area contributed by atoms with Crippen LogP contribution in [-0.4, -0.2) is 64.3 Å². The van der Waals surface area contributed by atoms with Crippen LogP contribution in [0.25, 0.3) is 11.0 Å². The van der Waals surface area contributed by atoms with E-state index < -0.39 is 0 Å². The van der Waals surface area contributed by atoms with Gasteiger partial charge in [0.25, 0.3) is 0 Å². The molecule has 2 aliphatic rings. The summed E-state index contributed by atoms with van der Waals surface area (Å²) >= 11 is 6.24. The van der Waals surface area contributed by atoms with E-state index >= 15 is 0 Å². The maximum atomic E-state index is 14.3. The van der Waals surface area contributed by atoms with E-state index in [1.54, 1.807) is 18.3 Å². The van der Waals surface area contributed by atoms with Crippen LogP contribution in [0.2, 0.25) is 5.02 Å². The van der Waals surface area contributed by atoms with Gasteiger partial charge < -0.3 is 9.80 Å². The van der Waals surface area contributed by atoms with Gasteiger partial charge in [0.1, 0.15) is 11.6 Å². The molecular formula is C23H27ClFN7. The Morgan fingerprint density at radius 2 is 2.06 bits per heavy atom. The number of halogens is 2. The first-order chi connectivity index (χ1) is 15.6. The number of H-pyrrole nitrogens is 1. The van der Waals surface area contributed by atoms with E-state index in [0.29, 0.717) is 29.0 Å². The van der Waals surface area contributed by atoms with Crippen LogP contribution in [0.5, 0.6) is 0 Å². The maximum absolute atomic E-state index is 14.3. The van der Waals surface area contributed by atoms with Crippen molar-refractivity contribution in [3.63, 3.8) is 0 Å². The van der Waals surface area contributed by atoms with Gasteiger partial charge in [-0.25, -0.2) is 4.39 Å². The standard InChI is InChI=1S/C23H27ClFN7/c1-2-16-7-10-32(14-16)22-17-13-26-29-21(17)27-23(28-22)31-9-4-8-30(11-12-31)15-18-19(24)5-3-6-20(18)25/h2-3,5-6,13,16H,1,4,7-12,14-15H2,(H,26,27,28,29)/t16-/m0/s1. The molecule has 0 aliphatic carbocycles. The summed E-state index contributed by atoms with van der Waals surface area (Å²) < 4.78 is 14.3. The van der Waals surface area contributed by atoms with Crippen molar-refractivity contribution in [1.29, 1.82) is 0 Å². The van der Waals surface area contributed by atoms with Crippen molar-refractivity contribution in [2.24, 2.45) is 5.92 Å². The Hall–Kier alpha value is -2.71. The summed E-state index contributed by atoms with van der Waals surface area (Å²) in [7, 11) is 0. The monoisotopic (exact) mass is 455 g/mol. The lowest BCUT2D eigenvalue weighted by atomic mass is 10.1. The molecule has 2 saturated heterocycles. The number of rotatable bonds is 5. The van der Waals surface area contributed by atoms with Crippen molar-refractivity contribution in [2.45, 2.75) is 19.4 Å².